The largest absolute Gasteiger partial charge is 0.361 e. The van der Waals surface area contributed by atoms with Crippen LogP contribution in [0, 0.1) is 19.3 Å². The fraction of sp³-hybridized carbons (Fsp3) is 0.261. The number of amides is 2. The number of carbonyl (C=O) groups excluding carboxylic acids is 1. The molecule has 7 heteroatoms. The van der Waals surface area contributed by atoms with Crippen molar-refractivity contribution in [2.24, 2.45) is 0 Å². The van der Waals surface area contributed by atoms with Crippen LogP contribution in [-0.2, 0) is 6.42 Å². The quantitative estimate of drug-likeness (QED) is 0.492. The molecule has 0 saturated heterocycles. The molecule has 3 aromatic rings. The minimum absolute atomic E-state index is 0.123. The van der Waals surface area contributed by atoms with E-state index in [9.17, 15) is 4.79 Å². The molecule has 1 aromatic heterocycles. The number of benzene rings is 2. The first kappa shape index (κ1) is 21.6. The Bertz CT molecular complexity index is 1050. The number of hydrogen-bond acceptors (Lipinski definition) is 4. The van der Waals surface area contributed by atoms with Gasteiger partial charge in [-0.15, -0.1) is 0 Å². The van der Waals surface area contributed by atoms with Gasteiger partial charge in [0.1, 0.15) is 5.76 Å². The van der Waals surface area contributed by atoms with Crippen molar-refractivity contribution in [3.05, 3.63) is 75.6 Å². The van der Waals surface area contributed by atoms with E-state index >= 15 is 0 Å². The van der Waals surface area contributed by atoms with Crippen molar-refractivity contribution >= 4 is 23.3 Å². The molecule has 0 fully saturated rings. The van der Waals surface area contributed by atoms with Crippen LogP contribution in [0.15, 0.2) is 47.0 Å². The molecule has 1 atom stereocenters. The molecule has 0 bridgehead atoms. The summed E-state index contributed by atoms with van der Waals surface area (Å²) in [5.74, 6) is 0.746. The molecule has 3 N–H and O–H groups in total. The molecule has 0 radical (unpaired) electrons. The van der Waals surface area contributed by atoms with Gasteiger partial charge in [-0.2, -0.15) is 0 Å². The average molecular weight is 425 g/mol. The van der Waals surface area contributed by atoms with Crippen LogP contribution >= 0.6 is 11.6 Å². The Morgan fingerprint density at radius 1 is 1.20 bits per heavy atom. The molecule has 0 aliphatic carbocycles. The lowest BCUT2D eigenvalue weighted by Gasteiger charge is -2.18. The molecule has 156 valence electrons. The van der Waals surface area contributed by atoms with Gasteiger partial charge in [-0.25, -0.2) is 4.79 Å². The van der Waals surface area contributed by atoms with Crippen LogP contribution in [0.3, 0.4) is 0 Å². The zero-order valence-corrected chi connectivity index (χ0v) is 18.2. The minimum Gasteiger partial charge on any atom is -0.361 e. The highest BCUT2D eigenvalue weighted by molar-refractivity contribution is 6.30. The third kappa shape index (κ3) is 4.71. The molecule has 1 heterocycles. The molecule has 3 rings (SSSR count). The Labute approximate surface area is 181 Å². The van der Waals surface area contributed by atoms with Gasteiger partial charge in [-0.3, -0.25) is 5.41 Å². The van der Waals surface area contributed by atoms with Crippen molar-refractivity contribution in [1.29, 1.82) is 5.41 Å². The maximum Gasteiger partial charge on any atom is 0.314 e. The van der Waals surface area contributed by atoms with Gasteiger partial charge in [0.2, 0.25) is 0 Å². The van der Waals surface area contributed by atoms with E-state index in [1.807, 2.05) is 51.1 Å². The Morgan fingerprint density at radius 2 is 1.90 bits per heavy atom. The van der Waals surface area contributed by atoms with E-state index in [4.69, 9.17) is 21.5 Å². The number of carbonyl (C=O) groups is 1. The fourth-order valence-corrected chi connectivity index (χ4v) is 3.63. The van der Waals surface area contributed by atoms with Crippen molar-refractivity contribution in [3.8, 4) is 11.1 Å². The Hall–Kier alpha value is -3.12. The van der Waals surface area contributed by atoms with E-state index < -0.39 is 0 Å². The van der Waals surface area contributed by atoms with Crippen molar-refractivity contribution in [2.45, 2.75) is 33.2 Å². The van der Waals surface area contributed by atoms with Crippen LogP contribution in [0.1, 0.15) is 35.1 Å². The summed E-state index contributed by atoms with van der Waals surface area (Å²) in [6.45, 7) is 5.73. The van der Waals surface area contributed by atoms with Gasteiger partial charge in [0.25, 0.3) is 0 Å². The monoisotopic (exact) mass is 424 g/mol. The lowest BCUT2D eigenvalue weighted by molar-refractivity contribution is 0.240. The molecule has 0 aliphatic rings. The smallest absolute Gasteiger partial charge is 0.314 e. The molecule has 30 heavy (non-hydrogen) atoms. The third-order valence-electron chi connectivity index (χ3n) is 4.96. The number of rotatable bonds is 6. The zero-order valence-electron chi connectivity index (χ0n) is 17.5. The van der Waals surface area contributed by atoms with Crippen molar-refractivity contribution in [1.82, 2.24) is 15.8 Å². The Morgan fingerprint density at radius 3 is 2.50 bits per heavy atom. The van der Waals surface area contributed by atoms with Gasteiger partial charge in [-0.1, -0.05) is 47.1 Å². The summed E-state index contributed by atoms with van der Waals surface area (Å²) >= 11 is 6.00. The summed E-state index contributed by atoms with van der Waals surface area (Å²) in [5, 5.41) is 18.9. The summed E-state index contributed by atoms with van der Waals surface area (Å²) in [4.78, 5) is 11.7. The molecule has 2 aromatic carbocycles. The lowest BCUT2D eigenvalue weighted by Crippen LogP contribution is -2.40. The second-order valence-corrected chi connectivity index (χ2v) is 7.72. The highest BCUT2D eigenvalue weighted by atomic mass is 35.5. The molecule has 2 amide bonds. The first-order chi connectivity index (χ1) is 14.3. The molecule has 0 saturated carbocycles. The van der Waals surface area contributed by atoms with Gasteiger partial charge in [0.15, 0.2) is 0 Å². The van der Waals surface area contributed by atoms with Crippen LogP contribution in [0.5, 0.6) is 0 Å². The number of aromatic nitrogens is 1. The van der Waals surface area contributed by atoms with Crippen molar-refractivity contribution in [3.63, 3.8) is 0 Å². The highest BCUT2D eigenvalue weighted by Gasteiger charge is 2.18. The maximum absolute atomic E-state index is 11.7. The predicted octanol–water partition coefficient (Wildman–Crippen LogP) is 4.89. The Kier molecular flexibility index (Phi) is 6.57. The van der Waals surface area contributed by atoms with Crippen molar-refractivity contribution < 1.29 is 9.32 Å². The maximum atomic E-state index is 11.7. The molecular formula is C23H25ClN4O2. The van der Waals surface area contributed by atoms with Gasteiger partial charge in [-0.05, 0) is 50.5 Å². The summed E-state index contributed by atoms with van der Waals surface area (Å²) in [5.41, 5.74) is 5.68. The topological polar surface area (TPSA) is 91.0 Å². The Balaban J connectivity index is 2.03. The third-order valence-corrected chi connectivity index (χ3v) is 5.21. The number of nitrogens with one attached hydrogen (secondary N) is 3. The lowest BCUT2D eigenvalue weighted by atomic mass is 9.90. The van der Waals surface area contributed by atoms with Gasteiger partial charge in [0, 0.05) is 34.8 Å². The van der Waals surface area contributed by atoms with Crippen LogP contribution < -0.4 is 10.6 Å². The molecular weight excluding hydrogens is 400 g/mol. The standard InChI is InChI=1S/C23H25ClN4O2/c1-13(27-23(29)26-4)11-18-12-17(21-14(2)28-30-15(21)3)7-10-20(18)22(25)16-5-8-19(24)9-6-16/h5-10,12-13,25H,11H2,1-4H3,(H2,26,27,29). The number of aryl methyl sites for hydroxylation is 2. The van der Waals surface area contributed by atoms with Gasteiger partial charge >= 0.3 is 6.03 Å². The minimum atomic E-state index is -0.237. The summed E-state index contributed by atoms with van der Waals surface area (Å²) < 4.78 is 5.33. The molecule has 0 aliphatic heterocycles. The van der Waals surface area contributed by atoms with Crippen LogP contribution in [0.2, 0.25) is 5.02 Å². The molecule has 1 unspecified atom stereocenters. The first-order valence-electron chi connectivity index (χ1n) is 9.69. The van der Waals surface area contributed by atoms with Crippen LogP contribution in [-0.4, -0.2) is 30.0 Å². The second-order valence-electron chi connectivity index (χ2n) is 7.28. The SMILES string of the molecule is CNC(=O)NC(C)Cc1cc(-c2c(C)noc2C)ccc1C(=N)c1ccc(Cl)cc1. The highest BCUT2D eigenvalue weighted by Crippen LogP contribution is 2.30. The fourth-order valence-electron chi connectivity index (χ4n) is 3.51. The predicted molar refractivity (Wildman–Crippen MR) is 120 cm³/mol. The first-order valence-corrected chi connectivity index (χ1v) is 10.1. The number of urea groups is 1. The second kappa shape index (κ2) is 9.13. The van der Waals surface area contributed by atoms with Crippen LogP contribution in [0.25, 0.3) is 11.1 Å². The summed E-state index contributed by atoms with van der Waals surface area (Å²) in [6, 6.07) is 12.8. The molecule has 0 spiro atoms. The van der Waals surface area contributed by atoms with Crippen molar-refractivity contribution in [2.75, 3.05) is 7.05 Å². The summed E-state index contributed by atoms with van der Waals surface area (Å²) in [6.07, 6.45) is 0.565. The average Bonchev–Trinajstić information content (AvgIpc) is 3.06. The normalized spacial score (nSPS) is 11.8. The number of hydrogen-bond donors (Lipinski definition) is 3. The van der Waals surface area contributed by atoms with Gasteiger partial charge in [0.05, 0.1) is 11.4 Å². The van der Waals surface area contributed by atoms with Crippen LogP contribution in [0.4, 0.5) is 4.79 Å². The van der Waals surface area contributed by atoms with E-state index in [0.717, 1.165) is 39.3 Å². The van der Waals surface area contributed by atoms with Gasteiger partial charge < -0.3 is 15.2 Å². The molecule has 6 nitrogen and oxygen atoms in total. The summed E-state index contributed by atoms with van der Waals surface area (Å²) in [7, 11) is 1.59. The van der Waals surface area contributed by atoms with E-state index in [1.54, 1.807) is 19.2 Å². The number of nitrogens with zero attached hydrogens (tertiary/aromatic N) is 1. The van der Waals surface area contributed by atoms with E-state index in [-0.39, 0.29) is 12.1 Å². The number of halogens is 1. The van der Waals surface area contributed by atoms with E-state index in [0.29, 0.717) is 17.2 Å². The van der Waals surface area contributed by atoms with E-state index in [2.05, 4.69) is 15.8 Å². The van der Waals surface area contributed by atoms with E-state index in [1.165, 1.54) is 0 Å². The zero-order chi connectivity index (χ0) is 21.8.